The van der Waals surface area contributed by atoms with Gasteiger partial charge in [-0.05, 0) is 20.3 Å². The summed E-state index contributed by atoms with van der Waals surface area (Å²) < 4.78 is 7.40. The summed E-state index contributed by atoms with van der Waals surface area (Å²) in [5.74, 6) is 0. The van der Waals surface area contributed by atoms with Crippen LogP contribution in [0.4, 0.5) is 5.69 Å². The molecule has 1 aliphatic rings. The van der Waals surface area contributed by atoms with Gasteiger partial charge in [0.2, 0.25) is 0 Å². The van der Waals surface area contributed by atoms with E-state index in [2.05, 4.69) is 24.3 Å². The molecule has 2 rings (SSSR count). The van der Waals surface area contributed by atoms with Crippen LogP contribution in [0.3, 0.4) is 0 Å². The molecule has 1 aromatic heterocycles. The topological polar surface area (TPSA) is 39.1 Å². The van der Waals surface area contributed by atoms with E-state index in [9.17, 15) is 0 Å². The van der Waals surface area contributed by atoms with E-state index in [1.165, 1.54) is 0 Å². The highest BCUT2D eigenvalue weighted by atomic mass is 16.5. The molecule has 0 spiro atoms. The molecule has 0 amide bonds. The molecule has 14 heavy (non-hydrogen) atoms. The third-order valence-corrected chi connectivity index (χ3v) is 2.69. The molecule has 4 heteroatoms. The minimum absolute atomic E-state index is 0.306. The molecule has 1 N–H and O–H groups in total. The van der Waals surface area contributed by atoms with Crippen LogP contribution in [0.25, 0.3) is 0 Å². The highest BCUT2D eigenvalue weighted by Gasteiger charge is 2.23. The summed E-state index contributed by atoms with van der Waals surface area (Å²) in [5.41, 5.74) is 1.09. The van der Waals surface area contributed by atoms with Gasteiger partial charge >= 0.3 is 0 Å². The molecule has 1 fully saturated rings. The lowest BCUT2D eigenvalue weighted by atomic mass is 10.1. The van der Waals surface area contributed by atoms with Gasteiger partial charge < -0.3 is 10.1 Å². The van der Waals surface area contributed by atoms with E-state index in [4.69, 9.17) is 4.74 Å². The van der Waals surface area contributed by atoms with Crippen LogP contribution in [-0.4, -0.2) is 28.5 Å². The minimum atomic E-state index is 0.306. The Bertz CT molecular complexity index is 297. The summed E-state index contributed by atoms with van der Waals surface area (Å²) in [6.45, 7) is 5.96. The van der Waals surface area contributed by atoms with Gasteiger partial charge in [-0.1, -0.05) is 0 Å². The second-order valence-corrected chi connectivity index (χ2v) is 3.70. The molecule has 4 nitrogen and oxygen atoms in total. The summed E-state index contributed by atoms with van der Waals surface area (Å²) in [6, 6.07) is 0.435. The lowest BCUT2D eigenvalue weighted by Gasteiger charge is -2.15. The Balaban J connectivity index is 1.96. The number of rotatable bonds is 3. The van der Waals surface area contributed by atoms with E-state index >= 15 is 0 Å². The Kier molecular flexibility index (Phi) is 2.72. The van der Waals surface area contributed by atoms with Crippen LogP contribution in [-0.2, 0) is 11.3 Å². The number of aryl methyl sites for hydroxylation is 1. The molecule has 0 unspecified atom stereocenters. The van der Waals surface area contributed by atoms with Crippen LogP contribution in [0, 0.1) is 0 Å². The molecule has 1 aliphatic heterocycles. The normalized spacial score (nSPS) is 26.7. The molecule has 2 heterocycles. The van der Waals surface area contributed by atoms with Gasteiger partial charge in [-0.2, -0.15) is 5.10 Å². The molecule has 0 aliphatic carbocycles. The number of nitrogens with one attached hydrogen (secondary N) is 1. The van der Waals surface area contributed by atoms with Gasteiger partial charge in [0.1, 0.15) is 0 Å². The molecule has 0 radical (unpaired) electrons. The van der Waals surface area contributed by atoms with Crippen molar-refractivity contribution < 1.29 is 4.74 Å². The standard InChI is InChI=1S/C10H17N3O/c1-3-13-7-9(6-11-13)12-10-4-5-14-8(10)2/h6-8,10,12H,3-5H2,1-2H3/t8-,10-/m1/s1. The maximum absolute atomic E-state index is 5.48. The fraction of sp³-hybridized carbons (Fsp3) is 0.700. The first-order chi connectivity index (χ1) is 6.79. The fourth-order valence-corrected chi connectivity index (χ4v) is 1.75. The van der Waals surface area contributed by atoms with Crippen LogP contribution in [0.15, 0.2) is 12.4 Å². The SMILES string of the molecule is CCn1cc(N[C@@H]2CCO[C@@H]2C)cn1. The molecule has 0 saturated carbocycles. The molecule has 1 saturated heterocycles. The Hall–Kier alpha value is -1.03. The zero-order chi connectivity index (χ0) is 9.97. The van der Waals surface area contributed by atoms with Crippen LogP contribution < -0.4 is 5.32 Å². The van der Waals surface area contributed by atoms with E-state index in [1.54, 1.807) is 0 Å². The summed E-state index contributed by atoms with van der Waals surface area (Å²) in [6.07, 6.45) is 5.29. The number of anilines is 1. The molecule has 2 atom stereocenters. The molecular formula is C10H17N3O. The number of nitrogens with zero attached hydrogens (tertiary/aromatic N) is 2. The summed E-state index contributed by atoms with van der Waals surface area (Å²) in [4.78, 5) is 0. The van der Waals surface area contributed by atoms with Crippen molar-refractivity contribution in [1.29, 1.82) is 0 Å². The van der Waals surface area contributed by atoms with Crippen molar-refractivity contribution in [3.05, 3.63) is 12.4 Å². The maximum Gasteiger partial charge on any atom is 0.0748 e. The second kappa shape index (κ2) is 4.00. The van der Waals surface area contributed by atoms with Crippen molar-refractivity contribution in [2.24, 2.45) is 0 Å². The average Bonchev–Trinajstić information content (AvgIpc) is 2.77. The third-order valence-electron chi connectivity index (χ3n) is 2.69. The fourth-order valence-electron chi connectivity index (χ4n) is 1.75. The van der Waals surface area contributed by atoms with Gasteiger partial charge in [-0.15, -0.1) is 0 Å². The molecular weight excluding hydrogens is 178 g/mol. The van der Waals surface area contributed by atoms with Gasteiger partial charge in [0.05, 0.1) is 24.0 Å². The zero-order valence-corrected chi connectivity index (χ0v) is 8.73. The van der Waals surface area contributed by atoms with Crippen molar-refractivity contribution in [2.45, 2.75) is 39.0 Å². The van der Waals surface area contributed by atoms with E-state index in [-0.39, 0.29) is 0 Å². The van der Waals surface area contributed by atoms with Crippen molar-refractivity contribution >= 4 is 5.69 Å². The number of ether oxygens (including phenoxy) is 1. The Morgan fingerprint density at radius 1 is 1.71 bits per heavy atom. The number of aromatic nitrogens is 2. The minimum Gasteiger partial charge on any atom is -0.377 e. The number of hydrogen-bond acceptors (Lipinski definition) is 3. The molecule has 0 bridgehead atoms. The van der Waals surface area contributed by atoms with Gasteiger partial charge in [0, 0.05) is 19.3 Å². The smallest absolute Gasteiger partial charge is 0.0748 e. The van der Waals surface area contributed by atoms with Gasteiger partial charge in [0.15, 0.2) is 0 Å². The summed E-state index contributed by atoms with van der Waals surface area (Å²) >= 11 is 0. The van der Waals surface area contributed by atoms with Crippen LogP contribution in [0.1, 0.15) is 20.3 Å². The predicted octanol–water partition coefficient (Wildman–Crippen LogP) is 1.49. The Morgan fingerprint density at radius 2 is 2.57 bits per heavy atom. The largest absolute Gasteiger partial charge is 0.377 e. The highest BCUT2D eigenvalue weighted by Crippen LogP contribution is 2.18. The monoisotopic (exact) mass is 195 g/mol. The van der Waals surface area contributed by atoms with Crippen LogP contribution in [0.2, 0.25) is 0 Å². The van der Waals surface area contributed by atoms with E-state index in [0.717, 1.165) is 25.3 Å². The first-order valence-electron chi connectivity index (χ1n) is 5.20. The maximum atomic E-state index is 5.48. The Morgan fingerprint density at radius 3 is 3.14 bits per heavy atom. The third kappa shape index (κ3) is 1.90. The lowest BCUT2D eigenvalue weighted by Crippen LogP contribution is -2.26. The van der Waals surface area contributed by atoms with Crippen molar-refractivity contribution in [2.75, 3.05) is 11.9 Å². The van der Waals surface area contributed by atoms with Crippen molar-refractivity contribution in [1.82, 2.24) is 9.78 Å². The lowest BCUT2D eigenvalue weighted by molar-refractivity contribution is 0.121. The van der Waals surface area contributed by atoms with Crippen LogP contribution >= 0.6 is 0 Å². The van der Waals surface area contributed by atoms with Gasteiger partial charge in [-0.3, -0.25) is 4.68 Å². The highest BCUT2D eigenvalue weighted by molar-refractivity contribution is 5.39. The average molecular weight is 195 g/mol. The summed E-state index contributed by atoms with van der Waals surface area (Å²) in [7, 11) is 0. The van der Waals surface area contributed by atoms with E-state index in [0.29, 0.717) is 12.1 Å². The molecule has 0 aromatic carbocycles. The quantitative estimate of drug-likeness (QED) is 0.794. The second-order valence-electron chi connectivity index (χ2n) is 3.70. The van der Waals surface area contributed by atoms with Gasteiger partial charge in [0.25, 0.3) is 0 Å². The number of hydrogen-bond donors (Lipinski definition) is 1. The first-order valence-corrected chi connectivity index (χ1v) is 5.20. The van der Waals surface area contributed by atoms with Gasteiger partial charge in [-0.25, -0.2) is 0 Å². The van der Waals surface area contributed by atoms with Crippen LogP contribution in [0.5, 0.6) is 0 Å². The zero-order valence-electron chi connectivity index (χ0n) is 8.73. The molecule has 1 aromatic rings. The van der Waals surface area contributed by atoms with E-state index < -0.39 is 0 Å². The molecule has 78 valence electrons. The Labute approximate surface area is 84.3 Å². The van der Waals surface area contributed by atoms with Crippen molar-refractivity contribution in [3.8, 4) is 0 Å². The summed E-state index contributed by atoms with van der Waals surface area (Å²) in [5, 5.41) is 7.65. The first kappa shape index (κ1) is 9.52. The van der Waals surface area contributed by atoms with E-state index in [1.807, 2.05) is 17.1 Å². The van der Waals surface area contributed by atoms with Crippen molar-refractivity contribution in [3.63, 3.8) is 0 Å². The predicted molar refractivity (Wildman–Crippen MR) is 55.3 cm³/mol.